The molecular weight excluding hydrogens is 271 g/mol. The number of hydrogen-bond donors (Lipinski definition) is 0. The largest absolute Gasteiger partial charge is 0.0965 e. The first-order valence-electron chi connectivity index (χ1n) is 5.09. The molecule has 0 spiro atoms. The third-order valence-corrected chi connectivity index (χ3v) is 3.77. The molecule has 0 aliphatic heterocycles. The van der Waals surface area contributed by atoms with Crippen molar-refractivity contribution < 1.29 is 0 Å². The second-order valence-electron chi connectivity index (χ2n) is 3.40. The van der Waals surface area contributed by atoms with Crippen molar-refractivity contribution >= 4 is 40.0 Å². The fraction of sp³-hybridized carbons (Fsp3) is 0. The van der Waals surface area contributed by atoms with E-state index in [1.165, 1.54) is 4.90 Å². The monoisotopic (exact) mass is 280 g/mol. The Kier molecular flexibility index (Phi) is 4.55. The highest BCUT2D eigenvalue weighted by Gasteiger charge is 1.98. The van der Waals surface area contributed by atoms with E-state index in [4.69, 9.17) is 23.2 Å². The molecule has 0 bridgehead atoms. The molecule has 0 fully saturated rings. The van der Waals surface area contributed by atoms with Crippen LogP contribution in [0, 0.1) is 0 Å². The van der Waals surface area contributed by atoms with Gasteiger partial charge in [0.05, 0.1) is 5.03 Å². The summed E-state index contributed by atoms with van der Waals surface area (Å²) < 4.78 is 0. The van der Waals surface area contributed by atoms with E-state index >= 15 is 0 Å². The lowest BCUT2D eigenvalue weighted by Crippen LogP contribution is -1.75. The van der Waals surface area contributed by atoms with Crippen LogP contribution in [0.1, 0.15) is 5.56 Å². The summed E-state index contributed by atoms with van der Waals surface area (Å²) in [6, 6.07) is 17.6. The summed E-state index contributed by atoms with van der Waals surface area (Å²) in [5, 5.41) is 3.37. The van der Waals surface area contributed by atoms with Crippen LogP contribution < -0.4 is 0 Å². The minimum absolute atomic E-state index is 0.717. The van der Waals surface area contributed by atoms with Crippen LogP contribution >= 0.6 is 35.0 Å². The van der Waals surface area contributed by atoms with Gasteiger partial charge in [0.25, 0.3) is 0 Å². The topological polar surface area (TPSA) is 0 Å². The van der Waals surface area contributed by atoms with Gasteiger partial charge in [-0.1, -0.05) is 65.3 Å². The minimum Gasteiger partial charge on any atom is -0.0965 e. The smallest absolute Gasteiger partial charge is 0.0544 e. The van der Waals surface area contributed by atoms with Crippen molar-refractivity contribution in [3.8, 4) is 0 Å². The van der Waals surface area contributed by atoms with Crippen LogP contribution in [0.25, 0.3) is 5.03 Å². The summed E-state index contributed by atoms with van der Waals surface area (Å²) in [4.78, 5) is 1.17. The number of thioether (sulfide) groups is 1. The second-order valence-corrected chi connectivity index (χ2v) is 5.19. The van der Waals surface area contributed by atoms with Crippen LogP contribution in [0.4, 0.5) is 0 Å². The van der Waals surface area contributed by atoms with Gasteiger partial charge in [-0.15, -0.1) is 0 Å². The standard InChI is InChI=1S/C14H10Cl2S/c15-12-8-6-11(7-9-12)14(16)10-17-13-4-2-1-3-5-13/h1-10H/b14-10-. The third kappa shape index (κ3) is 3.81. The van der Waals surface area contributed by atoms with Crippen LogP contribution in [0.15, 0.2) is 64.9 Å². The predicted octanol–water partition coefficient (Wildman–Crippen LogP) is 5.67. The average Bonchev–Trinajstić information content (AvgIpc) is 2.38. The molecule has 0 amide bonds. The molecule has 0 aromatic heterocycles. The van der Waals surface area contributed by atoms with Crippen molar-refractivity contribution in [1.29, 1.82) is 0 Å². The molecule has 0 aliphatic carbocycles. The zero-order valence-electron chi connectivity index (χ0n) is 8.94. The van der Waals surface area contributed by atoms with Gasteiger partial charge in [0.2, 0.25) is 0 Å². The van der Waals surface area contributed by atoms with E-state index in [0.717, 1.165) is 10.6 Å². The molecule has 0 heterocycles. The van der Waals surface area contributed by atoms with E-state index in [1.807, 2.05) is 60.0 Å². The highest BCUT2D eigenvalue weighted by Crippen LogP contribution is 2.27. The molecule has 2 aromatic rings. The SMILES string of the molecule is Cl/C(=C\Sc1ccccc1)c1ccc(Cl)cc1. The van der Waals surface area contributed by atoms with Gasteiger partial charge >= 0.3 is 0 Å². The van der Waals surface area contributed by atoms with Crippen LogP contribution in [0.5, 0.6) is 0 Å². The molecule has 0 radical (unpaired) electrons. The lowest BCUT2D eigenvalue weighted by atomic mass is 10.2. The van der Waals surface area contributed by atoms with Gasteiger partial charge < -0.3 is 0 Å². The van der Waals surface area contributed by atoms with Gasteiger partial charge in [-0.2, -0.15) is 0 Å². The van der Waals surface area contributed by atoms with Gasteiger partial charge in [-0.3, -0.25) is 0 Å². The van der Waals surface area contributed by atoms with Crippen molar-refractivity contribution in [2.24, 2.45) is 0 Å². The molecule has 0 unspecified atom stereocenters. The van der Waals surface area contributed by atoms with Crippen molar-refractivity contribution in [2.75, 3.05) is 0 Å². The second kappa shape index (κ2) is 6.15. The summed E-state index contributed by atoms with van der Waals surface area (Å²) in [6.07, 6.45) is 0. The molecular formula is C14H10Cl2S. The van der Waals surface area contributed by atoms with E-state index < -0.39 is 0 Å². The van der Waals surface area contributed by atoms with Crippen LogP contribution in [-0.2, 0) is 0 Å². The summed E-state index contributed by atoms with van der Waals surface area (Å²) in [5.41, 5.74) is 0.972. The summed E-state index contributed by atoms with van der Waals surface area (Å²) in [7, 11) is 0. The van der Waals surface area contributed by atoms with Gasteiger partial charge in [0.1, 0.15) is 0 Å². The maximum Gasteiger partial charge on any atom is 0.0544 e. The van der Waals surface area contributed by atoms with E-state index in [2.05, 4.69) is 0 Å². The molecule has 0 atom stereocenters. The summed E-state index contributed by atoms with van der Waals surface area (Å²) in [5.74, 6) is 0. The Bertz CT molecular complexity index is 504. The highest BCUT2D eigenvalue weighted by atomic mass is 35.5. The van der Waals surface area contributed by atoms with Gasteiger partial charge in [0.15, 0.2) is 0 Å². The van der Waals surface area contributed by atoms with Crippen molar-refractivity contribution in [2.45, 2.75) is 4.90 Å². The molecule has 0 saturated carbocycles. The zero-order valence-corrected chi connectivity index (χ0v) is 11.3. The predicted molar refractivity (Wildman–Crippen MR) is 77.6 cm³/mol. The molecule has 0 saturated heterocycles. The molecule has 2 rings (SSSR count). The lowest BCUT2D eigenvalue weighted by molar-refractivity contribution is 1.47. The number of benzene rings is 2. The Morgan fingerprint density at radius 3 is 2.24 bits per heavy atom. The molecule has 86 valence electrons. The third-order valence-electron chi connectivity index (χ3n) is 2.16. The molecule has 0 aliphatic rings. The normalized spacial score (nSPS) is 11.5. The Morgan fingerprint density at radius 2 is 1.59 bits per heavy atom. The maximum absolute atomic E-state index is 6.21. The molecule has 17 heavy (non-hydrogen) atoms. The summed E-state index contributed by atoms with van der Waals surface area (Å²) >= 11 is 13.6. The number of hydrogen-bond acceptors (Lipinski definition) is 1. The number of halogens is 2. The van der Waals surface area contributed by atoms with E-state index in [9.17, 15) is 0 Å². The Labute approximate surface area is 115 Å². The van der Waals surface area contributed by atoms with Crippen molar-refractivity contribution in [3.05, 3.63) is 70.6 Å². The van der Waals surface area contributed by atoms with Crippen LogP contribution in [0.3, 0.4) is 0 Å². The van der Waals surface area contributed by atoms with Gasteiger partial charge in [0, 0.05) is 9.92 Å². The van der Waals surface area contributed by atoms with Gasteiger partial charge in [-0.25, -0.2) is 0 Å². The van der Waals surface area contributed by atoms with E-state index in [0.29, 0.717) is 5.02 Å². The van der Waals surface area contributed by atoms with Gasteiger partial charge in [-0.05, 0) is 35.2 Å². The fourth-order valence-corrected chi connectivity index (χ4v) is 2.37. The Morgan fingerprint density at radius 1 is 0.941 bits per heavy atom. The van der Waals surface area contributed by atoms with Crippen LogP contribution in [0.2, 0.25) is 5.02 Å². The molecule has 3 heteroatoms. The van der Waals surface area contributed by atoms with E-state index in [-0.39, 0.29) is 0 Å². The zero-order chi connectivity index (χ0) is 12.1. The number of rotatable bonds is 3. The Hall–Kier alpha value is -0.890. The van der Waals surface area contributed by atoms with Crippen molar-refractivity contribution in [3.63, 3.8) is 0 Å². The Balaban J connectivity index is 2.10. The first-order chi connectivity index (χ1) is 8.25. The van der Waals surface area contributed by atoms with Crippen molar-refractivity contribution in [1.82, 2.24) is 0 Å². The fourth-order valence-electron chi connectivity index (χ4n) is 1.30. The highest BCUT2D eigenvalue weighted by molar-refractivity contribution is 8.02. The molecule has 0 nitrogen and oxygen atoms in total. The molecule has 0 N–H and O–H groups in total. The van der Waals surface area contributed by atoms with E-state index in [1.54, 1.807) is 11.8 Å². The quantitative estimate of drug-likeness (QED) is 0.653. The van der Waals surface area contributed by atoms with Crippen LogP contribution in [-0.4, -0.2) is 0 Å². The first-order valence-corrected chi connectivity index (χ1v) is 6.72. The average molecular weight is 281 g/mol. The summed E-state index contributed by atoms with van der Waals surface area (Å²) in [6.45, 7) is 0. The first kappa shape index (κ1) is 12.6. The minimum atomic E-state index is 0.717. The maximum atomic E-state index is 6.21. The lowest BCUT2D eigenvalue weighted by Gasteiger charge is -2.00. The molecule has 2 aromatic carbocycles.